The highest BCUT2D eigenvalue weighted by molar-refractivity contribution is 7.13. The monoisotopic (exact) mass is 462 g/mol. The first kappa shape index (κ1) is 19.2. The molecule has 2 aromatic carbocycles. The molecule has 0 N–H and O–H groups in total. The Morgan fingerprint density at radius 1 is 0.882 bits per heavy atom. The Balaban J connectivity index is 1.51. The van der Waals surface area contributed by atoms with Crippen molar-refractivity contribution in [2.75, 3.05) is 0 Å². The lowest BCUT2D eigenvalue weighted by molar-refractivity contribution is 0.402. The summed E-state index contributed by atoms with van der Waals surface area (Å²) >= 11 is 1.61. The first-order chi connectivity index (χ1) is 16.8. The molecule has 8 heteroatoms. The van der Waals surface area contributed by atoms with Gasteiger partial charge in [0.2, 0.25) is 11.8 Å². The van der Waals surface area contributed by atoms with E-state index >= 15 is 0 Å². The van der Waals surface area contributed by atoms with Gasteiger partial charge in [0.05, 0.1) is 33.3 Å². The third kappa shape index (κ3) is 2.82. The number of ether oxygens (including phenoxy) is 1. The molecule has 5 heterocycles. The minimum atomic E-state index is -0.144. The Hall–Kier alpha value is -4.30. The summed E-state index contributed by atoms with van der Waals surface area (Å²) in [6.45, 7) is 2.02. The molecule has 34 heavy (non-hydrogen) atoms. The smallest absolute Gasteiger partial charge is 0.230 e. The molecule has 0 spiro atoms. The number of hydrogen-bond donors (Lipinski definition) is 0. The van der Waals surface area contributed by atoms with Crippen LogP contribution in [0.1, 0.15) is 28.3 Å². The summed E-state index contributed by atoms with van der Waals surface area (Å²) in [6.07, 6.45) is 1.67. The van der Waals surface area contributed by atoms with Crippen LogP contribution in [-0.4, -0.2) is 29.4 Å². The predicted molar refractivity (Wildman–Crippen MR) is 130 cm³/mol. The molecule has 7 nitrogen and oxygen atoms in total. The number of fused-ring (bicyclic) bond motifs is 4. The zero-order chi connectivity index (χ0) is 22.6. The average Bonchev–Trinajstić information content (AvgIpc) is 3.63. The van der Waals surface area contributed by atoms with Crippen LogP contribution in [0.3, 0.4) is 0 Å². The molecule has 0 amide bonds. The van der Waals surface area contributed by atoms with Crippen LogP contribution in [0.5, 0.6) is 11.8 Å². The summed E-state index contributed by atoms with van der Waals surface area (Å²) in [5.74, 6) is 1.74. The number of para-hydroxylation sites is 1. The van der Waals surface area contributed by atoms with Gasteiger partial charge < -0.3 is 4.74 Å². The number of rotatable bonds is 3. The van der Waals surface area contributed by atoms with E-state index in [0.717, 1.165) is 38.6 Å². The number of benzene rings is 2. The van der Waals surface area contributed by atoms with Crippen LogP contribution in [-0.2, 0) is 0 Å². The molecular weight excluding hydrogens is 444 g/mol. The van der Waals surface area contributed by atoms with Gasteiger partial charge in [-0.15, -0.1) is 16.4 Å². The standard InChI is InChI=1S/C26H18N6OS/c1-16-20-21(17-9-4-2-5-10-17)22-24-28-23(19-13-8-14-34-19)30-31(24)15-27-25(22)33-26(20)32(29-16)18-11-6-3-7-12-18/h2-15,21H,1H3. The second kappa shape index (κ2) is 7.36. The van der Waals surface area contributed by atoms with Gasteiger partial charge in [-0.3, -0.25) is 0 Å². The van der Waals surface area contributed by atoms with Crippen molar-refractivity contribution in [3.63, 3.8) is 0 Å². The van der Waals surface area contributed by atoms with Crippen LogP contribution in [0.25, 0.3) is 22.0 Å². The van der Waals surface area contributed by atoms with Gasteiger partial charge in [-0.2, -0.15) is 5.10 Å². The lowest BCUT2D eigenvalue weighted by Crippen LogP contribution is -2.16. The highest BCUT2D eigenvalue weighted by Gasteiger charge is 2.38. The molecular formula is C26H18N6OS. The van der Waals surface area contributed by atoms with Crippen molar-refractivity contribution in [2.24, 2.45) is 0 Å². The molecule has 1 aliphatic rings. The van der Waals surface area contributed by atoms with Crippen molar-refractivity contribution in [1.29, 1.82) is 0 Å². The number of nitrogens with zero attached hydrogens (tertiary/aromatic N) is 6. The predicted octanol–water partition coefficient (Wildman–Crippen LogP) is 5.63. The van der Waals surface area contributed by atoms with Gasteiger partial charge in [-0.05, 0) is 36.1 Å². The zero-order valence-electron chi connectivity index (χ0n) is 18.2. The van der Waals surface area contributed by atoms with Crippen molar-refractivity contribution < 1.29 is 4.74 Å². The van der Waals surface area contributed by atoms with E-state index < -0.39 is 0 Å². The van der Waals surface area contributed by atoms with E-state index in [-0.39, 0.29) is 5.92 Å². The quantitative estimate of drug-likeness (QED) is 0.340. The van der Waals surface area contributed by atoms with E-state index in [4.69, 9.17) is 19.9 Å². The van der Waals surface area contributed by atoms with Crippen molar-refractivity contribution in [2.45, 2.75) is 12.8 Å². The van der Waals surface area contributed by atoms with Crippen LogP contribution in [0.15, 0.2) is 84.5 Å². The third-order valence-corrected chi connectivity index (χ3v) is 6.96. The van der Waals surface area contributed by atoms with Crippen LogP contribution < -0.4 is 4.74 Å². The minimum absolute atomic E-state index is 0.144. The largest absolute Gasteiger partial charge is 0.420 e. The molecule has 4 aromatic heterocycles. The molecule has 0 bridgehead atoms. The number of aryl methyl sites for hydroxylation is 1. The van der Waals surface area contributed by atoms with Crippen molar-refractivity contribution in [3.8, 4) is 28.1 Å². The fourth-order valence-electron chi connectivity index (χ4n) is 4.61. The van der Waals surface area contributed by atoms with E-state index in [1.807, 2.05) is 65.5 Å². The van der Waals surface area contributed by atoms with E-state index in [1.165, 1.54) is 0 Å². The molecule has 0 saturated carbocycles. The molecule has 0 aliphatic carbocycles. The number of aromatic nitrogens is 6. The van der Waals surface area contributed by atoms with Crippen LogP contribution in [0, 0.1) is 6.92 Å². The maximum atomic E-state index is 6.45. The summed E-state index contributed by atoms with van der Waals surface area (Å²) in [7, 11) is 0. The molecule has 0 saturated heterocycles. The lowest BCUT2D eigenvalue weighted by atomic mass is 9.84. The third-order valence-electron chi connectivity index (χ3n) is 6.10. The van der Waals surface area contributed by atoms with Crippen molar-refractivity contribution in [1.82, 2.24) is 29.4 Å². The van der Waals surface area contributed by atoms with E-state index in [0.29, 0.717) is 17.6 Å². The molecule has 7 rings (SSSR count). The Morgan fingerprint density at radius 2 is 1.68 bits per heavy atom. The van der Waals surface area contributed by atoms with Crippen LogP contribution in [0.4, 0.5) is 0 Å². The first-order valence-electron chi connectivity index (χ1n) is 10.9. The zero-order valence-corrected chi connectivity index (χ0v) is 19.0. The molecule has 164 valence electrons. The van der Waals surface area contributed by atoms with E-state index in [1.54, 1.807) is 22.2 Å². The topological polar surface area (TPSA) is 70.1 Å². The van der Waals surface area contributed by atoms with E-state index in [9.17, 15) is 0 Å². The summed E-state index contributed by atoms with van der Waals surface area (Å²) in [5, 5.41) is 11.6. The van der Waals surface area contributed by atoms with Crippen LogP contribution >= 0.6 is 11.3 Å². The molecule has 0 radical (unpaired) electrons. The Bertz CT molecular complexity index is 1640. The van der Waals surface area contributed by atoms with Gasteiger partial charge in [0.1, 0.15) is 6.33 Å². The van der Waals surface area contributed by atoms with Gasteiger partial charge in [-0.25, -0.2) is 19.2 Å². The summed E-state index contributed by atoms with van der Waals surface area (Å²) in [4.78, 5) is 10.6. The number of hydrogen-bond acceptors (Lipinski definition) is 6. The molecule has 1 unspecified atom stereocenters. The fourth-order valence-corrected chi connectivity index (χ4v) is 5.26. The Morgan fingerprint density at radius 3 is 2.44 bits per heavy atom. The molecule has 1 atom stereocenters. The minimum Gasteiger partial charge on any atom is -0.420 e. The summed E-state index contributed by atoms with van der Waals surface area (Å²) in [6, 6.07) is 24.4. The Labute approximate surface area is 198 Å². The molecule has 1 aliphatic heterocycles. The highest BCUT2D eigenvalue weighted by Crippen LogP contribution is 2.49. The molecule has 6 aromatic rings. The lowest BCUT2D eigenvalue weighted by Gasteiger charge is -2.26. The van der Waals surface area contributed by atoms with Crippen LogP contribution in [0.2, 0.25) is 0 Å². The van der Waals surface area contributed by atoms with Crippen molar-refractivity contribution in [3.05, 3.63) is 107 Å². The van der Waals surface area contributed by atoms with Gasteiger partial charge >= 0.3 is 0 Å². The number of thiophene rings is 1. The van der Waals surface area contributed by atoms with E-state index in [2.05, 4.69) is 29.2 Å². The molecule has 0 fully saturated rings. The average molecular weight is 463 g/mol. The second-order valence-electron chi connectivity index (χ2n) is 8.14. The van der Waals surface area contributed by atoms with Gasteiger partial charge in [0, 0.05) is 0 Å². The van der Waals surface area contributed by atoms with Gasteiger partial charge in [-0.1, -0.05) is 54.6 Å². The maximum absolute atomic E-state index is 6.45. The SMILES string of the molecule is Cc1nn(-c2ccccc2)c2c1C(c1ccccc1)c1c(ncn3nc(-c4cccs4)nc13)O2. The summed E-state index contributed by atoms with van der Waals surface area (Å²) in [5.41, 5.74) is 5.61. The van der Waals surface area contributed by atoms with Gasteiger partial charge in [0.15, 0.2) is 11.5 Å². The van der Waals surface area contributed by atoms with Crippen molar-refractivity contribution >= 4 is 17.0 Å². The maximum Gasteiger partial charge on any atom is 0.230 e. The normalized spacial score (nSPS) is 14.6. The highest BCUT2D eigenvalue weighted by atomic mass is 32.1. The van der Waals surface area contributed by atoms with Gasteiger partial charge in [0.25, 0.3) is 0 Å². The summed E-state index contributed by atoms with van der Waals surface area (Å²) < 4.78 is 10.1. The second-order valence-corrected chi connectivity index (χ2v) is 9.09. The first-order valence-corrected chi connectivity index (χ1v) is 11.8. The Kier molecular flexibility index (Phi) is 4.16. The fraction of sp³-hybridized carbons (Fsp3) is 0.0769.